The summed E-state index contributed by atoms with van der Waals surface area (Å²) in [5, 5.41) is 7.73. The summed E-state index contributed by atoms with van der Waals surface area (Å²) in [4.78, 5) is 14.1. The molecule has 1 amide bonds. The molecule has 0 aliphatic heterocycles. The van der Waals surface area contributed by atoms with Crippen molar-refractivity contribution in [2.45, 2.75) is 13.0 Å². The van der Waals surface area contributed by atoms with Crippen LogP contribution >= 0.6 is 22.9 Å². The largest absolute Gasteiger partial charge is 0.484 e. The summed E-state index contributed by atoms with van der Waals surface area (Å²) in [7, 11) is 4.00. The lowest BCUT2D eigenvalue weighted by molar-refractivity contribution is -0.123. The van der Waals surface area contributed by atoms with Gasteiger partial charge in [0.25, 0.3) is 5.91 Å². The Morgan fingerprint density at radius 3 is 2.78 bits per heavy atom. The number of hydrogen-bond acceptors (Lipinski definition) is 4. The first-order chi connectivity index (χ1) is 11.0. The Labute approximate surface area is 146 Å². The van der Waals surface area contributed by atoms with Crippen molar-refractivity contribution in [3.63, 3.8) is 0 Å². The smallest absolute Gasteiger partial charge is 0.258 e. The number of nitrogens with zero attached hydrogens (tertiary/aromatic N) is 1. The van der Waals surface area contributed by atoms with Crippen molar-refractivity contribution in [1.29, 1.82) is 0 Å². The maximum atomic E-state index is 12.0. The lowest BCUT2D eigenvalue weighted by atomic mass is 10.1. The molecule has 6 heteroatoms. The van der Waals surface area contributed by atoms with E-state index in [0.717, 1.165) is 5.56 Å². The number of likely N-dealkylation sites (N-methyl/N-ethyl adjacent to an activating group) is 1. The molecule has 23 heavy (non-hydrogen) atoms. The standard InChI is InChI=1S/C17H21ClN2O2S/c1-12-8-14(18)4-5-16(12)22-10-17(21)19-9-15(20(2)3)13-6-7-23-11-13/h4-8,11,15H,9-10H2,1-3H3,(H,19,21). The normalized spacial score (nSPS) is 12.2. The molecule has 124 valence electrons. The summed E-state index contributed by atoms with van der Waals surface area (Å²) in [5.74, 6) is 0.535. The lowest BCUT2D eigenvalue weighted by Gasteiger charge is -2.24. The number of hydrogen-bond donors (Lipinski definition) is 1. The Morgan fingerprint density at radius 2 is 2.17 bits per heavy atom. The van der Waals surface area contributed by atoms with Crippen LogP contribution in [-0.2, 0) is 4.79 Å². The predicted octanol–water partition coefficient (Wildman–Crippen LogP) is 3.51. The second-order valence-electron chi connectivity index (χ2n) is 5.54. The van der Waals surface area contributed by atoms with Crippen molar-refractivity contribution in [2.24, 2.45) is 0 Å². The van der Waals surface area contributed by atoms with Crippen molar-refractivity contribution in [3.8, 4) is 5.75 Å². The number of carbonyl (C=O) groups is 1. The first kappa shape index (κ1) is 17.8. The Balaban J connectivity index is 1.84. The zero-order valence-electron chi connectivity index (χ0n) is 13.5. The maximum absolute atomic E-state index is 12.0. The molecule has 0 fully saturated rings. The van der Waals surface area contributed by atoms with Gasteiger partial charge in [-0.1, -0.05) is 11.6 Å². The molecule has 1 unspecified atom stereocenters. The second kappa shape index (κ2) is 8.34. The maximum Gasteiger partial charge on any atom is 0.258 e. The number of amides is 1. The third kappa shape index (κ3) is 5.23. The molecule has 0 aliphatic carbocycles. The summed E-state index contributed by atoms with van der Waals surface area (Å²) < 4.78 is 5.55. The average molecular weight is 353 g/mol. The van der Waals surface area contributed by atoms with E-state index >= 15 is 0 Å². The number of nitrogens with one attached hydrogen (secondary N) is 1. The Hall–Kier alpha value is -1.56. The summed E-state index contributed by atoms with van der Waals surface area (Å²) in [6.45, 7) is 2.44. The molecule has 1 aromatic carbocycles. The fourth-order valence-electron chi connectivity index (χ4n) is 2.24. The highest BCUT2D eigenvalue weighted by Crippen LogP contribution is 2.22. The minimum absolute atomic E-state index is 0.00768. The monoisotopic (exact) mass is 352 g/mol. The van der Waals surface area contributed by atoms with Gasteiger partial charge in [-0.25, -0.2) is 0 Å². The molecule has 0 spiro atoms. The molecule has 4 nitrogen and oxygen atoms in total. The molecule has 1 atom stereocenters. The quantitative estimate of drug-likeness (QED) is 0.829. The van der Waals surface area contributed by atoms with Gasteiger partial charge in [0.1, 0.15) is 5.75 Å². The van der Waals surface area contributed by atoms with Crippen LogP contribution in [0.25, 0.3) is 0 Å². The number of rotatable bonds is 7. The molecule has 1 N–H and O–H groups in total. The van der Waals surface area contributed by atoms with E-state index in [9.17, 15) is 4.79 Å². The van der Waals surface area contributed by atoms with Crippen LogP contribution in [0.2, 0.25) is 5.02 Å². The van der Waals surface area contributed by atoms with E-state index in [1.54, 1.807) is 23.5 Å². The van der Waals surface area contributed by atoms with Crippen LogP contribution in [0.5, 0.6) is 5.75 Å². The molecule has 2 aromatic rings. The Morgan fingerprint density at radius 1 is 1.39 bits per heavy atom. The molecule has 0 saturated carbocycles. The minimum Gasteiger partial charge on any atom is -0.484 e. The molecule has 1 heterocycles. The third-order valence-electron chi connectivity index (χ3n) is 3.54. The molecule has 2 rings (SSSR count). The fourth-order valence-corrected chi connectivity index (χ4v) is 3.18. The highest BCUT2D eigenvalue weighted by atomic mass is 35.5. The van der Waals surface area contributed by atoms with Gasteiger partial charge in [0.15, 0.2) is 6.61 Å². The minimum atomic E-state index is -0.138. The van der Waals surface area contributed by atoms with Crippen molar-refractivity contribution in [1.82, 2.24) is 10.2 Å². The van der Waals surface area contributed by atoms with Gasteiger partial charge in [-0.3, -0.25) is 4.79 Å². The molecule has 0 radical (unpaired) electrons. The van der Waals surface area contributed by atoms with Crippen LogP contribution in [-0.4, -0.2) is 38.1 Å². The van der Waals surface area contributed by atoms with Gasteiger partial charge >= 0.3 is 0 Å². The molecule has 1 aromatic heterocycles. The highest BCUT2D eigenvalue weighted by molar-refractivity contribution is 7.07. The SMILES string of the molecule is Cc1cc(Cl)ccc1OCC(=O)NCC(c1ccsc1)N(C)C. The van der Waals surface area contributed by atoms with E-state index < -0.39 is 0 Å². The first-order valence-corrected chi connectivity index (χ1v) is 8.63. The van der Waals surface area contributed by atoms with Gasteiger partial charge in [0.05, 0.1) is 6.04 Å². The zero-order chi connectivity index (χ0) is 16.8. The molecule has 0 bridgehead atoms. The van der Waals surface area contributed by atoms with Crippen molar-refractivity contribution >= 4 is 28.8 Å². The molecule has 0 aliphatic rings. The number of thiophene rings is 1. The number of ether oxygens (including phenoxy) is 1. The van der Waals surface area contributed by atoms with Gasteiger partial charge in [-0.15, -0.1) is 0 Å². The summed E-state index contributed by atoms with van der Waals surface area (Å²) >= 11 is 7.56. The second-order valence-corrected chi connectivity index (χ2v) is 6.76. The van der Waals surface area contributed by atoms with Crippen LogP contribution in [0.15, 0.2) is 35.0 Å². The van der Waals surface area contributed by atoms with Crippen molar-refractivity contribution in [3.05, 3.63) is 51.2 Å². The molecular formula is C17H21ClN2O2S. The van der Waals surface area contributed by atoms with Gasteiger partial charge in [0.2, 0.25) is 0 Å². The Kier molecular flexibility index (Phi) is 6.45. The number of carbonyl (C=O) groups excluding carboxylic acids is 1. The van der Waals surface area contributed by atoms with Crippen LogP contribution in [0.1, 0.15) is 17.2 Å². The Bertz CT molecular complexity index is 644. The van der Waals surface area contributed by atoms with Crippen LogP contribution < -0.4 is 10.1 Å². The average Bonchev–Trinajstić information content (AvgIpc) is 3.00. The van der Waals surface area contributed by atoms with Crippen LogP contribution in [0, 0.1) is 6.92 Å². The summed E-state index contributed by atoms with van der Waals surface area (Å²) in [5.41, 5.74) is 2.12. The molecular weight excluding hydrogens is 332 g/mol. The van der Waals surface area contributed by atoms with E-state index in [0.29, 0.717) is 17.3 Å². The summed E-state index contributed by atoms with van der Waals surface area (Å²) in [6.07, 6.45) is 0. The highest BCUT2D eigenvalue weighted by Gasteiger charge is 2.16. The summed E-state index contributed by atoms with van der Waals surface area (Å²) in [6, 6.07) is 7.57. The van der Waals surface area contributed by atoms with Crippen LogP contribution in [0.4, 0.5) is 0 Å². The number of halogens is 1. The van der Waals surface area contributed by atoms with E-state index in [4.69, 9.17) is 16.3 Å². The van der Waals surface area contributed by atoms with Gasteiger partial charge in [-0.05, 0) is 67.2 Å². The topological polar surface area (TPSA) is 41.6 Å². The van der Waals surface area contributed by atoms with Crippen molar-refractivity contribution in [2.75, 3.05) is 27.2 Å². The van der Waals surface area contributed by atoms with Gasteiger partial charge in [-0.2, -0.15) is 11.3 Å². The fraction of sp³-hybridized carbons (Fsp3) is 0.353. The number of aryl methyl sites for hydroxylation is 1. The van der Waals surface area contributed by atoms with E-state index in [2.05, 4.69) is 21.7 Å². The van der Waals surface area contributed by atoms with Crippen molar-refractivity contribution < 1.29 is 9.53 Å². The van der Waals surface area contributed by atoms with E-state index in [1.165, 1.54) is 5.56 Å². The van der Waals surface area contributed by atoms with Gasteiger partial charge in [0, 0.05) is 11.6 Å². The predicted molar refractivity (Wildman–Crippen MR) is 95.4 cm³/mol. The van der Waals surface area contributed by atoms with Crippen LogP contribution in [0.3, 0.4) is 0 Å². The molecule has 0 saturated heterocycles. The lowest BCUT2D eigenvalue weighted by Crippen LogP contribution is -2.36. The van der Waals surface area contributed by atoms with Gasteiger partial charge < -0.3 is 15.0 Å². The van der Waals surface area contributed by atoms with E-state index in [-0.39, 0.29) is 18.6 Å². The third-order valence-corrected chi connectivity index (χ3v) is 4.48. The zero-order valence-corrected chi connectivity index (χ0v) is 15.1. The number of benzene rings is 1. The first-order valence-electron chi connectivity index (χ1n) is 7.31. The van der Waals surface area contributed by atoms with E-state index in [1.807, 2.05) is 32.5 Å².